The van der Waals surface area contributed by atoms with E-state index in [1.165, 1.54) is 12.1 Å². The van der Waals surface area contributed by atoms with Gasteiger partial charge in [-0.2, -0.15) is 0 Å². The first-order valence-electron chi connectivity index (χ1n) is 4.63. The van der Waals surface area contributed by atoms with E-state index < -0.39 is 17.6 Å². The van der Waals surface area contributed by atoms with E-state index >= 15 is 0 Å². The van der Waals surface area contributed by atoms with Crippen LogP contribution in [0.2, 0.25) is 0 Å². The van der Waals surface area contributed by atoms with Crippen LogP contribution in [0.25, 0.3) is 0 Å². The van der Waals surface area contributed by atoms with Crippen LogP contribution in [0.15, 0.2) is 18.2 Å². The van der Waals surface area contributed by atoms with E-state index in [0.717, 1.165) is 0 Å². The predicted molar refractivity (Wildman–Crippen MR) is 57.1 cm³/mol. The van der Waals surface area contributed by atoms with Gasteiger partial charge < -0.3 is 10.0 Å². The first-order chi connectivity index (χ1) is 7.41. The van der Waals surface area contributed by atoms with Crippen LogP contribution in [0.1, 0.15) is 5.56 Å². The molecule has 0 unspecified atom stereocenters. The number of nitrogens with zero attached hydrogens (tertiary/aromatic N) is 1. The summed E-state index contributed by atoms with van der Waals surface area (Å²) in [5.74, 6) is -2.92. The SMILES string of the molecule is CN(C)c1ccc(CC(=O)C(=O)O)cc1F. The number of ketones is 1. The largest absolute Gasteiger partial charge is 0.475 e. The van der Waals surface area contributed by atoms with Crippen LogP contribution < -0.4 is 4.90 Å². The maximum Gasteiger partial charge on any atom is 0.372 e. The van der Waals surface area contributed by atoms with Crippen molar-refractivity contribution in [3.05, 3.63) is 29.6 Å². The molecule has 0 aliphatic rings. The first kappa shape index (κ1) is 12.2. The van der Waals surface area contributed by atoms with Gasteiger partial charge in [-0.1, -0.05) is 6.07 Å². The lowest BCUT2D eigenvalue weighted by Gasteiger charge is -2.13. The molecule has 1 N–H and O–H groups in total. The lowest BCUT2D eigenvalue weighted by Crippen LogP contribution is -2.16. The molecule has 0 aliphatic heterocycles. The number of carboxylic acid groups (broad SMARTS) is 1. The van der Waals surface area contributed by atoms with Crippen molar-refractivity contribution in [2.45, 2.75) is 6.42 Å². The van der Waals surface area contributed by atoms with Crippen LogP contribution in [-0.4, -0.2) is 31.0 Å². The zero-order valence-electron chi connectivity index (χ0n) is 9.03. The summed E-state index contributed by atoms with van der Waals surface area (Å²) in [6.45, 7) is 0. The highest BCUT2D eigenvalue weighted by molar-refractivity contribution is 6.33. The molecule has 0 atom stereocenters. The molecular formula is C11H12FNO3. The molecule has 0 bridgehead atoms. The van der Waals surface area contributed by atoms with E-state index in [1.807, 2.05) is 0 Å². The fourth-order valence-corrected chi connectivity index (χ4v) is 1.28. The second kappa shape index (κ2) is 4.74. The topological polar surface area (TPSA) is 57.6 Å². The highest BCUT2D eigenvalue weighted by Gasteiger charge is 2.13. The van der Waals surface area contributed by atoms with Crippen molar-refractivity contribution in [2.24, 2.45) is 0 Å². The van der Waals surface area contributed by atoms with Gasteiger partial charge in [0.15, 0.2) is 0 Å². The average Bonchev–Trinajstić information content (AvgIpc) is 2.16. The number of hydrogen-bond donors (Lipinski definition) is 1. The van der Waals surface area contributed by atoms with Gasteiger partial charge in [0.05, 0.1) is 5.69 Å². The van der Waals surface area contributed by atoms with Gasteiger partial charge >= 0.3 is 5.97 Å². The molecule has 0 fully saturated rings. The number of anilines is 1. The van der Waals surface area contributed by atoms with E-state index in [4.69, 9.17) is 5.11 Å². The number of hydrogen-bond acceptors (Lipinski definition) is 3. The Kier molecular flexibility index (Phi) is 3.60. The first-order valence-corrected chi connectivity index (χ1v) is 4.63. The summed E-state index contributed by atoms with van der Waals surface area (Å²) in [5, 5.41) is 8.40. The van der Waals surface area contributed by atoms with Crippen molar-refractivity contribution in [3.8, 4) is 0 Å². The van der Waals surface area contributed by atoms with E-state index in [-0.39, 0.29) is 6.42 Å². The molecule has 0 saturated carbocycles. The number of carbonyl (C=O) groups excluding carboxylic acids is 1. The van der Waals surface area contributed by atoms with Crippen LogP contribution >= 0.6 is 0 Å². The molecule has 0 spiro atoms. The van der Waals surface area contributed by atoms with Gasteiger partial charge in [-0.15, -0.1) is 0 Å². The Hall–Kier alpha value is -1.91. The monoisotopic (exact) mass is 225 g/mol. The van der Waals surface area contributed by atoms with Crippen molar-refractivity contribution in [2.75, 3.05) is 19.0 Å². The molecule has 0 aromatic heterocycles. The minimum absolute atomic E-state index is 0.292. The molecule has 1 aromatic rings. The smallest absolute Gasteiger partial charge is 0.372 e. The van der Waals surface area contributed by atoms with Crippen molar-refractivity contribution in [3.63, 3.8) is 0 Å². The van der Waals surface area contributed by atoms with Crippen LogP contribution in [0, 0.1) is 5.82 Å². The number of Topliss-reactive ketones (excluding diaryl/α,β-unsaturated/α-hetero) is 1. The van der Waals surface area contributed by atoms with Gasteiger partial charge in [0.2, 0.25) is 5.78 Å². The maximum absolute atomic E-state index is 13.5. The summed E-state index contributed by atoms with van der Waals surface area (Å²) in [6.07, 6.45) is -0.292. The van der Waals surface area contributed by atoms with E-state index in [0.29, 0.717) is 11.3 Å². The van der Waals surface area contributed by atoms with E-state index in [1.54, 1.807) is 25.1 Å². The number of rotatable bonds is 4. The fraction of sp³-hybridized carbons (Fsp3) is 0.273. The predicted octanol–water partition coefficient (Wildman–Crippen LogP) is 1.09. The van der Waals surface area contributed by atoms with Crippen LogP contribution in [-0.2, 0) is 16.0 Å². The Morgan fingerprint density at radius 1 is 1.38 bits per heavy atom. The average molecular weight is 225 g/mol. The minimum Gasteiger partial charge on any atom is -0.475 e. The highest BCUT2D eigenvalue weighted by Crippen LogP contribution is 2.18. The Balaban J connectivity index is 2.89. The normalized spacial score (nSPS) is 9.94. The Labute approximate surface area is 92.3 Å². The van der Waals surface area contributed by atoms with Crippen LogP contribution in [0.5, 0.6) is 0 Å². The lowest BCUT2D eigenvalue weighted by atomic mass is 10.1. The van der Waals surface area contributed by atoms with Gasteiger partial charge in [0.25, 0.3) is 0 Å². The third kappa shape index (κ3) is 2.79. The van der Waals surface area contributed by atoms with Crippen molar-refractivity contribution < 1.29 is 19.1 Å². The summed E-state index contributed by atoms with van der Waals surface area (Å²) in [7, 11) is 3.39. The number of carboxylic acids is 1. The molecule has 0 saturated heterocycles. The quantitative estimate of drug-likeness (QED) is 0.779. The van der Waals surface area contributed by atoms with Gasteiger partial charge in [-0.05, 0) is 17.7 Å². The molecule has 1 aromatic carbocycles. The Bertz CT molecular complexity index is 429. The molecule has 5 heteroatoms. The summed E-state index contributed by atoms with van der Waals surface area (Å²) in [4.78, 5) is 22.8. The zero-order valence-corrected chi connectivity index (χ0v) is 9.03. The van der Waals surface area contributed by atoms with Gasteiger partial charge in [-0.3, -0.25) is 4.79 Å². The molecule has 86 valence electrons. The van der Waals surface area contributed by atoms with E-state index in [9.17, 15) is 14.0 Å². The molecular weight excluding hydrogens is 213 g/mol. The Morgan fingerprint density at radius 2 is 2.00 bits per heavy atom. The van der Waals surface area contributed by atoms with Crippen molar-refractivity contribution in [1.29, 1.82) is 0 Å². The molecule has 4 nitrogen and oxygen atoms in total. The second-order valence-electron chi connectivity index (χ2n) is 3.59. The fourth-order valence-electron chi connectivity index (χ4n) is 1.28. The summed E-state index contributed by atoms with van der Waals surface area (Å²) < 4.78 is 13.5. The minimum atomic E-state index is -1.50. The van der Waals surface area contributed by atoms with Crippen LogP contribution in [0.3, 0.4) is 0 Å². The molecule has 1 rings (SSSR count). The number of aliphatic carboxylic acids is 1. The summed E-state index contributed by atoms with van der Waals surface area (Å²) in [6, 6.07) is 4.23. The standard InChI is InChI=1S/C11H12FNO3/c1-13(2)9-4-3-7(5-8(9)12)6-10(14)11(15)16/h3-5H,6H2,1-2H3,(H,15,16). The number of benzene rings is 1. The molecule has 0 heterocycles. The van der Waals surface area contributed by atoms with Crippen molar-refractivity contribution in [1.82, 2.24) is 0 Å². The third-order valence-electron chi connectivity index (χ3n) is 2.10. The maximum atomic E-state index is 13.5. The summed E-state index contributed by atoms with van der Waals surface area (Å²) in [5.41, 5.74) is 0.752. The lowest BCUT2D eigenvalue weighted by molar-refractivity contribution is -0.148. The Morgan fingerprint density at radius 3 is 2.44 bits per heavy atom. The van der Waals surface area contributed by atoms with E-state index in [2.05, 4.69) is 0 Å². The highest BCUT2D eigenvalue weighted by atomic mass is 19.1. The molecule has 16 heavy (non-hydrogen) atoms. The molecule has 0 radical (unpaired) electrons. The number of carbonyl (C=O) groups is 2. The van der Waals surface area contributed by atoms with Gasteiger partial charge in [0, 0.05) is 20.5 Å². The second-order valence-corrected chi connectivity index (χ2v) is 3.59. The molecule has 0 amide bonds. The van der Waals surface area contributed by atoms with Gasteiger partial charge in [-0.25, -0.2) is 9.18 Å². The van der Waals surface area contributed by atoms with Crippen LogP contribution in [0.4, 0.5) is 10.1 Å². The van der Waals surface area contributed by atoms with Crippen molar-refractivity contribution >= 4 is 17.4 Å². The third-order valence-corrected chi connectivity index (χ3v) is 2.10. The summed E-state index contributed by atoms with van der Waals surface area (Å²) >= 11 is 0. The zero-order chi connectivity index (χ0) is 12.3. The van der Waals surface area contributed by atoms with Gasteiger partial charge in [0.1, 0.15) is 5.82 Å². The number of halogens is 1. The molecule has 0 aliphatic carbocycles.